The third-order valence-electron chi connectivity index (χ3n) is 5.82. The van der Waals surface area contributed by atoms with E-state index in [4.69, 9.17) is 9.15 Å². The van der Waals surface area contributed by atoms with Crippen LogP contribution in [0.5, 0.6) is 0 Å². The molecule has 1 atom stereocenters. The van der Waals surface area contributed by atoms with Gasteiger partial charge in [0.05, 0.1) is 19.3 Å². The molecule has 2 aromatic carbocycles. The van der Waals surface area contributed by atoms with Gasteiger partial charge in [0.1, 0.15) is 11.1 Å². The molecule has 6 heteroatoms. The Labute approximate surface area is 181 Å². The maximum Gasteiger partial charge on any atom is 0.349 e. The topological polar surface area (TPSA) is 71.8 Å². The van der Waals surface area contributed by atoms with Crippen LogP contribution in [0.1, 0.15) is 47.3 Å². The van der Waals surface area contributed by atoms with Crippen molar-refractivity contribution >= 4 is 16.9 Å². The number of benzene rings is 2. The zero-order valence-electron chi connectivity index (χ0n) is 18.0. The molecule has 162 valence electrons. The molecule has 1 fully saturated rings. The lowest BCUT2D eigenvalue weighted by molar-refractivity contribution is 0.0162. The van der Waals surface area contributed by atoms with E-state index in [0.29, 0.717) is 31.3 Å². The van der Waals surface area contributed by atoms with E-state index in [0.717, 1.165) is 24.0 Å². The second-order valence-electron chi connectivity index (χ2n) is 8.18. The highest BCUT2D eigenvalue weighted by atomic mass is 16.5. The lowest BCUT2D eigenvalue weighted by Crippen LogP contribution is -2.44. The molecule has 3 aromatic rings. The molecule has 6 nitrogen and oxygen atoms in total. The molecule has 1 aliphatic heterocycles. The number of para-hydroxylation sites is 1. The first-order valence-electron chi connectivity index (χ1n) is 10.8. The molecular weight excluding hydrogens is 392 g/mol. The highest BCUT2D eigenvalue weighted by Gasteiger charge is 2.24. The van der Waals surface area contributed by atoms with Gasteiger partial charge in [-0.1, -0.05) is 56.3 Å². The summed E-state index contributed by atoms with van der Waals surface area (Å²) in [6, 6.07) is 17.3. The molecule has 31 heavy (non-hydrogen) atoms. The van der Waals surface area contributed by atoms with Crippen LogP contribution in [0.15, 0.2) is 63.8 Å². The van der Waals surface area contributed by atoms with Crippen molar-refractivity contribution in [2.75, 3.05) is 32.8 Å². The lowest BCUT2D eigenvalue weighted by Gasteiger charge is -2.35. The van der Waals surface area contributed by atoms with Gasteiger partial charge in [0, 0.05) is 25.0 Å². The summed E-state index contributed by atoms with van der Waals surface area (Å²) in [7, 11) is 0. The molecule has 2 heterocycles. The van der Waals surface area contributed by atoms with Gasteiger partial charge in [-0.25, -0.2) is 4.79 Å². The normalized spacial score (nSPS) is 15.8. The second-order valence-corrected chi connectivity index (χ2v) is 8.18. The summed E-state index contributed by atoms with van der Waals surface area (Å²) in [6.07, 6.45) is 0. The van der Waals surface area contributed by atoms with Gasteiger partial charge in [-0.15, -0.1) is 0 Å². The zero-order valence-corrected chi connectivity index (χ0v) is 18.0. The van der Waals surface area contributed by atoms with Crippen molar-refractivity contribution in [1.82, 2.24) is 10.2 Å². The number of nitrogens with one attached hydrogen (secondary N) is 1. The van der Waals surface area contributed by atoms with E-state index in [1.165, 1.54) is 5.56 Å². The predicted molar refractivity (Wildman–Crippen MR) is 120 cm³/mol. The Morgan fingerprint density at radius 1 is 1.03 bits per heavy atom. The molecule has 0 aliphatic carbocycles. The number of fused-ring (bicyclic) bond motifs is 1. The van der Waals surface area contributed by atoms with Gasteiger partial charge >= 0.3 is 5.63 Å². The average molecular weight is 421 g/mol. The van der Waals surface area contributed by atoms with Crippen molar-refractivity contribution in [3.63, 3.8) is 0 Å². The van der Waals surface area contributed by atoms with E-state index in [9.17, 15) is 9.59 Å². The number of ether oxygens (including phenoxy) is 1. The number of carbonyl (C=O) groups is 1. The Bertz CT molecular complexity index is 1100. The standard InChI is InChI=1S/C25H28N2O4/c1-17(2)18-7-9-19(10-8-18)22(27-11-13-30-14-12-27)16-26-24(28)21-15-20-5-3-4-6-23(20)31-25(21)29/h3-10,15,17,22H,11-14,16H2,1-2H3,(H,26,28)/t22-/m0/s1. The Hall–Kier alpha value is -2.96. The maximum absolute atomic E-state index is 12.9. The molecule has 4 rings (SSSR count). The SMILES string of the molecule is CC(C)c1ccc([C@H](CNC(=O)c2cc3ccccc3oc2=O)N2CCOCC2)cc1. The fraction of sp³-hybridized carbons (Fsp3) is 0.360. The predicted octanol–water partition coefficient (Wildman–Crippen LogP) is 3.72. The van der Waals surface area contributed by atoms with Crippen LogP contribution in [0.25, 0.3) is 11.0 Å². The minimum atomic E-state index is -0.625. The number of nitrogens with zero attached hydrogens (tertiary/aromatic N) is 1. The number of rotatable bonds is 6. The Morgan fingerprint density at radius 3 is 2.42 bits per heavy atom. The highest BCUT2D eigenvalue weighted by molar-refractivity contribution is 5.96. The molecule has 1 aliphatic rings. The molecule has 0 saturated carbocycles. The minimum Gasteiger partial charge on any atom is -0.422 e. The molecule has 1 N–H and O–H groups in total. The van der Waals surface area contributed by atoms with Gasteiger partial charge in [0.25, 0.3) is 5.91 Å². The summed E-state index contributed by atoms with van der Waals surface area (Å²) < 4.78 is 10.8. The largest absolute Gasteiger partial charge is 0.422 e. The van der Waals surface area contributed by atoms with Gasteiger partial charge in [-0.05, 0) is 29.2 Å². The number of morpholine rings is 1. The Morgan fingerprint density at radius 2 is 1.71 bits per heavy atom. The van der Waals surface area contributed by atoms with Crippen LogP contribution in [0.4, 0.5) is 0 Å². The molecule has 0 radical (unpaired) electrons. The third-order valence-corrected chi connectivity index (χ3v) is 5.82. The first-order valence-corrected chi connectivity index (χ1v) is 10.8. The van der Waals surface area contributed by atoms with Crippen molar-refractivity contribution in [2.24, 2.45) is 0 Å². The smallest absolute Gasteiger partial charge is 0.349 e. The molecule has 1 amide bonds. The fourth-order valence-electron chi connectivity index (χ4n) is 3.95. The van der Waals surface area contributed by atoms with Gasteiger partial charge in [0.2, 0.25) is 0 Å². The molecule has 0 unspecified atom stereocenters. The number of hydrogen-bond donors (Lipinski definition) is 1. The Balaban J connectivity index is 1.55. The van der Waals surface area contributed by atoms with Gasteiger partial charge in [-0.3, -0.25) is 9.69 Å². The van der Waals surface area contributed by atoms with E-state index in [2.05, 4.69) is 48.3 Å². The molecule has 1 saturated heterocycles. The zero-order chi connectivity index (χ0) is 21.8. The summed E-state index contributed by atoms with van der Waals surface area (Å²) in [5.41, 5.74) is 2.29. The monoisotopic (exact) mass is 420 g/mol. The second kappa shape index (κ2) is 9.45. The van der Waals surface area contributed by atoms with Crippen LogP contribution >= 0.6 is 0 Å². The van der Waals surface area contributed by atoms with Crippen LogP contribution in [0.2, 0.25) is 0 Å². The van der Waals surface area contributed by atoms with Crippen LogP contribution in [-0.4, -0.2) is 43.7 Å². The van der Waals surface area contributed by atoms with E-state index in [1.54, 1.807) is 18.2 Å². The maximum atomic E-state index is 12.9. The van der Waals surface area contributed by atoms with Crippen LogP contribution in [0, 0.1) is 0 Å². The third kappa shape index (κ3) is 4.86. The van der Waals surface area contributed by atoms with Crippen molar-refractivity contribution < 1.29 is 13.9 Å². The first kappa shape index (κ1) is 21.3. The average Bonchev–Trinajstić information content (AvgIpc) is 2.79. The fourth-order valence-corrected chi connectivity index (χ4v) is 3.95. The molecule has 0 bridgehead atoms. The van der Waals surface area contributed by atoms with Crippen molar-refractivity contribution in [1.29, 1.82) is 0 Å². The van der Waals surface area contributed by atoms with E-state index < -0.39 is 11.5 Å². The molecule has 1 aromatic heterocycles. The number of hydrogen-bond acceptors (Lipinski definition) is 5. The van der Waals surface area contributed by atoms with Crippen molar-refractivity contribution in [3.8, 4) is 0 Å². The quantitative estimate of drug-likeness (QED) is 0.616. The van der Waals surface area contributed by atoms with Gasteiger partial charge in [0.15, 0.2) is 0 Å². The number of amides is 1. The summed E-state index contributed by atoms with van der Waals surface area (Å²) in [5, 5.41) is 3.68. The minimum absolute atomic E-state index is 0.00144. The Kier molecular flexibility index (Phi) is 6.49. The van der Waals surface area contributed by atoms with Gasteiger partial charge < -0.3 is 14.5 Å². The molecular formula is C25H28N2O4. The summed E-state index contributed by atoms with van der Waals surface area (Å²) in [6.45, 7) is 7.67. The van der Waals surface area contributed by atoms with Crippen molar-refractivity contribution in [3.05, 3.63) is 81.7 Å². The van der Waals surface area contributed by atoms with Crippen molar-refractivity contribution in [2.45, 2.75) is 25.8 Å². The summed E-state index contributed by atoms with van der Waals surface area (Å²) in [5.74, 6) is 0.0410. The summed E-state index contributed by atoms with van der Waals surface area (Å²) in [4.78, 5) is 27.5. The lowest BCUT2D eigenvalue weighted by atomic mass is 9.98. The van der Waals surface area contributed by atoms with E-state index in [1.807, 2.05) is 12.1 Å². The van der Waals surface area contributed by atoms with Crippen LogP contribution in [-0.2, 0) is 4.74 Å². The first-order chi connectivity index (χ1) is 15.0. The van der Waals surface area contributed by atoms with Crippen LogP contribution in [0.3, 0.4) is 0 Å². The highest BCUT2D eigenvalue weighted by Crippen LogP contribution is 2.24. The van der Waals surface area contributed by atoms with E-state index in [-0.39, 0.29) is 11.6 Å². The van der Waals surface area contributed by atoms with Crippen LogP contribution < -0.4 is 10.9 Å². The number of carbonyl (C=O) groups excluding carboxylic acids is 1. The summed E-state index contributed by atoms with van der Waals surface area (Å²) >= 11 is 0. The van der Waals surface area contributed by atoms with Gasteiger partial charge in [-0.2, -0.15) is 0 Å². The van der Waals surface area contributed by atoms with E-state index >= 15 is 0 Å². The molecule has 0 spiro atoms.